The molecule has 1 aromatic rings. The number of carbonyl (C=O) groups is 1. The Balaban J connectivity index is 0.000000218. The second kappa shape index (κ2) is 5.98. The van der Waals surface area contributed by atoms with E-state index in [0.29, 0.717) is 0 Å². The lowest BCUT2D eigenvalue weighted by atomic mass is 10.2. The van der Waals surface area contributed by atoms with Gasteiger partial charge in [-0.25, -0.2) is 0 Å². The zero-order valence-electron chi connectivity index (χ0n) is 6.74. The maximum Gasteiger partial charge on any atom is 0.182 e. The molecule has 0 heterocycles. The fraction of sp³-hybridized carbons (Fsp3) is 0.222. The van der Waals surface area contributed by atoms with E-state index in [0.717, 1.165) is 0 Å². The molecule has 0 bridgehead atoms. The molecule has 2 heteroatoms. The summed E-state index contributed by atoms with van der Waals surface area (Å²) in [4.78, 5) is 9.31. The maximum atomic E-state index is 9.31. The largest absolute Gasteiger partial charge is 0.288 e. The smallest absolute Gasteiger partial charge is 0.182 e. The van der Waals surface area contributed by atoms with Gasteiger partial charge in [0.15, 0.2) is 5.12 Å². The van der Waals surface area contributed by atoms with Gasteiger partial charge in [0, 0.05) is 6.92 Å². The molecule has 0 saturated carbocycles. The van der Waals surface area contributed by atoms with Crippen LogP contribution in [-0.4, -0.2) is 5.12 Å². The number of rotatable bonds is 0. The van der Waals surface area contributed by atoms with Gasteiger partial charge in [-0.1, -0.05) is 35.9 Å². The maximum absolute atomic E-state index is 9.31. The van der Waals surface area contributed by atoms with Crippen LogP contribution >= 0.6 is 12.6 Å². The first-order valence-corrected chi connectivity index (χ1v) is 3.79. The summed E-state index contributed by atoms with van der Waals surface area (Å²) in [5, 5.41) is -0.139. The Bertz CT molecular complexity index is 202. The van der Waals surface area contributed by atoms with Crippen LogP contribution < -0.4 is 0 Å². The summed E-state index contributed by atoms with van der Waals surface area (Å²) < 4.78 is 0. The van der Waals surface area contributed by atoms with E-state index < -0.39 is 0 Å². The topological polar surface area (TPSA) is 17.1 Å². The molecule has 0 spiro atoms. The van der Waals surface area contributed by atoms with Gasteiger partial charge in [0.2, 0.25) is 0 Å². The molecule has 0 fully saturated rings. The minimum Gasteiger partial charge on any atom is -0.288 e. The molecule has 11 heavy (non-hydrogen) atoms. The third-order valence-electron chi connectivity index (χ3n) is 0.940. The van der Waals surface area contributed by atoms with Gasteiger partial charge in [0.25, 0.3) is 0 Å². The average Bonchev–Trinajstić information content (AvgIpc) is 1.87. The minimum absolute atomic E-state index is 0.139. The first kappa shape index (κ1) is 10.2. The monoisotopic (exact) mass is 168 g/mol. The van der Waals surface area contributed by atoms with Crippen molar-refractivity contribution >= 4 is 17.7 Å². The first-order valence-electron chi connectivity index (χ1n) is 3.34. The standard InChI is InChI=1S/C7H8.C2H4OS/c1-7-5-3-2-4-6-7;1-2(3)4/h2-6H,1H3;1H3,(H,3,4). The number of hydrogen-bond donors (Lipinski definition) is 1. The van der Waals surface area contributed by atoms with Crippen LogP contribution in [0.25, 0.3) is 0 Å². The van der Waals surface area contributed by atoms with Crippen molar-refractivity contribution < 1.29 is 4.79 Å². The molecule has 1 aromatic carbocycles. The Morgan fingerprint density at radius 1 is 1.27 bits per heavy atom. The molecule has 0 atom stereocenters. The Morgan fingerprint density at radius 2 is 1.64 bits per heavy atom. The molecule has 0 aliphatic carbocycles. The average molecular weight is 168 g/mol. The van der Waals surface area contributed by atoms with Gasteiger partial charge in [0.1, 0.15) is 0 Å². The van der Waals surface area contributed by atoms with Crippen molar-refractivity contribution in [3.8, 4) is 0 Å². The fourth-order valence-electron chi connectivity index (χ4n) is 0.534. The molecule has 0 aromatic heterocycles. The Morgan fingerprint density at radius 3 is 1.82 bits per heavy atom. The Kier molecular flexibility index (Phi) is 5.57. The summed E-state index contributed by atoms with van der Waals surface area (Å²) in [6.07, 6.45) is 0. The van der Waals surface area contributed by atoms with Gasteiger partial charge in [0.05, 0.1) is 0 Å². The van der Waals surface area contributed by atoms with Crippen molar-refractivity contribution in [2.24, 2.45) is 0 Å². The number of carbonyl (C=O) groups excluding carboxylic acids is 1. The molecule has 1 nitrogen and oxygen atoms in total. The van der Waals surface area contributed by atoms with Gasteiger partial charge < -0.3 is 0 Å². The van der Waals surface area contributed by atoms with Crippen LogP contribution in [-0.2, 0) is 4.79 Å². The summed E-state index contributed by atoms with van der Waals surface area (Å²) in [6, 6.07) is 10.3. The van der Waals surface area contributed by atoms with Crippen molar-refractivity contribution in [2.75, 3.05) is 0 Å². The van der Waals surface area contributed by atoms with Gasteiger partial charge in [-0.15, -0.1) is 12.6 Å². The molecule has 0 N–H and O–H groups in total. The highest BCUT2D eigenvalue weighted by Gasteiger charge is 1.72. The van der Waals surface area contributed by atoms with Crippen molar-refractivity contribution in [2.45, 2.75) is 13.8 Å². The quantitative estimate of drug-likeness (QED) is 0.589. The van der Waals surface area contributed by atoms with Crippen LogP contribution in [0.15, 0.2) is 30.3 Å². The lowest BCUT2D eigenvalue weighted by Gasteiger charge is -1.82. The van der Waals surface area contributed by atoms with E-state index in [4.69, 9.17) is 0 Å². The van der Waals surface area contributed by atoms with E-state index in [1.165, 1.54) is 12.5 Å². The summed E-state index contributed by atoms with van der Waals surface area (Å²) in [5.41, 5.74) is 1.32. The molecule has 0 amide bonds. The lowest BCUT2D eigenvalue weighted by Crippen LogP contribution is -1.62. The highest BCUT2D eigenvalue weighted by Crippen LogP contribution is 1.92. The number of hydrogen-bond acceptors (Lipinski definition) is 1. The first-order chi connectivity index (χ1) is 5.13. The highest BCUT2D eigenvalue weighted by molar-refractivity contribution is 7.96. The molecular weight excluding hydrogens is 156 g/mol. The Hall–Kier alpha value is -0.760. The van der Waals surface area contributed by atoms with Gasteiger partial charge in [-0.05, 0) is 6.92 Å². The van der Waals surface area contributed by atoms with Crippen LogP contribution in [0.5, 0.6) is 0 Å². The molecule has 0 unspecified atom stereocenters. The number of benzene rings is 1. The molecule has 1 rings (SSSR count). The SMILES string of the molecule is CC(=O)S.Cc1ccccc1. The normalized spacial score (nSPS) is 7.91. The third-order valence-corrected chi connectivity index (χ3v) is 0.940. The molecular formula is C9H12OS. The zero-order chi connectivity index (χ0) is 8.69. The van der Waals surface area contributed by atoms with Gasteiger partial charge in [-0.3, -0.25) is 4.79 Å². The molecule has 60 valence electrons. The van der Waals surface area contributed by atoms with E-state index in [9.17, 15) is 4.79 Å². The predicted molar refractivity (Wildman–Crippen MR) is 50.8 cm³/mol. The van der Waals surface area contributed by atoms with E-state index in [1.807, 2.05) is 18.2 Å². The zero-order valence-corrected chi connectivity index (χ0v) is 7.64. The molecule has 0 saturated heterocycles. The second-order valence-electron chi connectivity index (χ2n) is 2.17. The van der Waals surface area contributed by atoms with Gasteiger partial charge >= 0.3 is 0 Å². The van der Waals surface area contributed by atoms with Crippen LogP contribution in [0.2, 0.25) is 0 Å². The van der Waals surface area contributed by atoms with E-state index in [1.54, 1.807) is 0 Å². The molecule has 0 radical (unpaired) electrons. The van der Waals surface area contributed by atoms with E-state index in [2.05, 4.69) is 31.7 Å². The number of thiol groups is 1. The van der Waals surface area contributed by atoms with Crippen molar-refractivity contribution in [1.29, 1.82) is 0 Å². The molecule has 0 aliphatic heterocycles. The van der Waals surface area contributed by atoms with Crippen LogP contribution in [0.1, 0.15) is 12.5 Å². The van der Waals surface area contributed by atoms with E-state index in [-0.39, 0.29) is 5.12 Å². The van der Waals surface area contributed by atoms with Crippen LogP contribution in [0.3, 0.4) is 0 Å². The summed E-state index contributed by atoms with van der Waals surface area (Å²) in [6.45, 7) is 3.48. The number of aryl methyl sites for hydroxylation is 1. The summed E-state index contributed by atoms with van der Waals surface area (Å²) in [5.74, 6) is 0. The molecule has 0 aliphatic rings. The summed E-state index contributed by atoms with van der Waals surface area (Å²) in [7, 11) is 0. The second-order valence-corrected chi connectivity index (χ2v) is 2.80. The third kappa shape index (κ3) is 9.24. The van der Waals surface area contributed by atoms with Crippen molar-refractivity contribution in [3.63, 3.8) is 0 Å². The Labute approximate surface area is 72.8 Å². The summed E-state index contributed by atoms with van der Waals surface area (Å²) >= 11 is 3.33. The highest BCUT2D eigenvalue weighted by atomic mass is 32.1. The predicted octanol–water partition coefficient (Wildman–Crippen LogP) is 2.46. The van der Waals surface area contributed by atoms with E-state index >= 15 is 0 Å². The lowest BCUT2D eigenvalue weighted by molar-refractivity contribution is -0.108. The minimum atomic E-state index is -0.139. The van der Waals surface area contributed by atoms with Gasteiger partial charge in [-0.2, -0.15) is 0 Å². The van der Waals surface area contributed by atoms with Crippen molar-refractivity contribution in [1.82, 2.24) is 0 Å². The van der Waals surface area contributed by atoms with Crippen molar-refractivity contribution in [3.05, 3.63) is 35.9 Å². The fourth-order valence-corrected chi connectivity index (χ4v) is 0.534. The van der Waals surface area contributed by atoms with Crippen LogP contribution in [0.4, 0.5) is 0 Å². The van der Waals surface area contributed by atoms with Crippen LogP contribution in [0, 0.1) is 6.92 Å².